The first kappa shape index (κ1) is 30.9. The van der Waals surface area contributed by atoms with E-state index in [1.54, 1.807) is 0 Å². The molecule has 0 atom stereocenters. The molecule has 222 valence electrons. The minimum absolute atomic E-state index is 0.00156. The highest BCUT2D eigenvalue weighted by Gasteiger charge is 2.21. The van der Waals surface area contributed by atoms with Crippen molar-refractivity contribution < 1.29 is 34.4 Å². The van der Waals surface area contributed by atoms with E-state index < -0.39 is 45.0 Å². The Morgan fingerprint density at radius 2 is 1.62 bits per heavy atom. The first-order valence-corrected chi connectivity index (χ1v) is 16.5. The number of anilines is 3. The highest BCUT2D eigenvalue weighted by Crippen LogP contribution is 2.35. The van der Waals surface area contributed by atoms with Crippen LogP contribution in [-0.2, 0) is 30.1 Å². The fourth-order valence-corrected chi connectivity index (χ4v) is 5.36. The maximum absolute atomic E-state index is 12.0. The molecule has 4 aromatic rings. The van der Waals surface area contributed by atoms with Gasteiger partial charge in [0, 0.05) is 11.9 Å². The first-order chi connectivity index (χ1) is 19.4. The molecule has 4 rings (SSSR count). The number of nitrogens with two attached hydrogens (primary N) is 1. The lowest BCUT2D eigenvalue weighted by Gasteiger charge is -2.12. The van der Waals surface area contributed by atoms with Crippen molar-refractivity contribution >= 4 is 70.4 Å². The van der Waals surface area contributed by atoms with Crippen LogP contribution in [0.15, 0.2) is 67.6 Å². The summed E-state index contributed by atoms with van der Waals surface area (Å²) >= 11 is 6.24. The molecule has 2 aromatic heterocycles. The van der Waals surface area contributed by atoms with E-state index in [4.69, 9.17) is 17.3 Å². The van der Waals surface area contributed by atoms with Gasteiger partial charge in [-0.1, -0.05) is 17.7 Å². The van der Waals surface area contributed by atoms with Crippen LogP contribution < -0.4 is 11.1 Å². The number of nitrogens with one attached hydrogen (secondary N) is 1. The monoisotopic (exact) mass is 656 g/mol. The van der Waals surface area contributed by atoms with E-state index >= 15 is 0 Å². The van der Waals surface area contributed by atoms with Gasteiger partial charge in [0.05, 0.1) is 22.0 Å². The van der Waals surface area contributed by atoms with E-state index in [-0.39, 0.29) is 50.8 Å². The molecule has 0 unspecified atom stereocenters. The molecule has 16 nitrogen and oxygen atoms in total. The third-order valence-corrected chi connectivity index (χ3v) is 8.56. The number of halogens is 1. The molecule has 0 aliphatic rings. The van der Waals surface area contributed by atoms with Crippen LogP contribution in [0.3, 0.4) is 0 Å². The zero-order valence-corrected chi connectivity index (χ0v) is 25.0. The van der Waals surface area contributed by atoms with Crippen molar-refractivity contribution in [2.75, 3.05) is 17.3 Å². The Balaban J connectivity index is 1.77. The van der Waals surface area contributed by atoms with Gasteiger partial charge in [-0.05, 0) is 50.2 Å². The van der Waals surface area contributed by atoms with Crippen LogP contribution in [-0.4, -0.2) is 60.4 Å². The zero-order chi connectivity index (χ0) is 31.2. The first-order valence-electron chi connectivity index (χ1n) is 11.3. The van der Waals surface area contributed by atoms with Gasteiger partial charge in [0.2, 0.25) is 15.0 Å². The van der Waals surface area contributed by atoms with E-state index in [9.17, 15) is 34.4 Å². The molecule has 42 heavy (non-hydrogen) atoms. The largest absolute Gasteiger partial charge is 0.382 e. The van der Waals surface area contributed by atoms with E-state index in [1.807, 2.05) is 0 Å². The predicted molar refractivity (Wildman–Crippen MR) is 151 cm³/mol. The van der Waals surface area contributed by atoms with Crippen molar-refractivity contribution in [1.82, 2.24) is 19.7 Å². The Hall–Kier alpha value is -4.01. The fourth-order valence-electron chi connectivity index (χ4n) is 3.55. The van der Waals surface area contributed by atoms with Crippen molar-refractivity contribution in [2.24, 2.45) is 10.2 Å². The summed E-state index contributed by atoms with van der Waals surface area (Å²) in [5, 5.41) is 14.4. The van der Waals surface area contributed by atoms with Gasteiger partial charge in [-0.3, -0.25) is 9.11 Å². The van der Waals surface area contributed by atoms with E-state index in [2.05, 4.69) is 30.6 Å². The predicted octanol–water partition coefficient (Wildman–Crippen LogP) is 3.57. The molecule has 20 heteroatoms. The Labute approximate surface area is 244 Å². The van der Waals surface area contributed by atoms with Gasteiger partial charge in [0.1, 0.15) is 15.6 Å². The lowest BCUT2D eigenvalue weighted by Crippen LogP contribution is -2.08. The zero-order valence-electron chi connectivity index (χ0n) is 21.7. The number of azo groups is 1. The third kappa shape index (κ3) is 6.55. The van der Waals surface area contributed by atoms with E-state index in [1.165, 1.54) is 44.2 Å². The number of aromatic nitrogens is 4. The van der Waals surface area contributed by atoms with Crippen LogP contribution in [0.2, 0.25) is 5.02 Å². The number of hydrogen-bond acceptors (Lipinski definition) is 13. The van der Waals surface area contributed by atoms with Crippen LogP contribution >= 0.6 is 11.6 Å². The molecule has 0 amide bonds. The molecular formula is C22H21ClN8O8S3. The summed E-state index contributed by atoms with van der Waals surface area (Å²) in [4.78, 5) is 6.75. The number of hydrogen-bond donors (Lipinski definition) is 4. The lowest BCUT2D eigenvalue weighted by molar-refractivity contribution is 0.481. The maximum atomic E-state index is 12.0. The maximum Gasteiger partial charge on any atom is 0.296 e. The smallest absolute Gasteiger partial charge is 0.296 e. The minimum Gasteiger partial charge on any atom is -0.382 e. The van der Waals surface area contributed by atoms with Gasteiger partial charge in [-0.25, -0.2) is 18.1 Å². The van der Waals surface area contributed by atoms with E-state index in [0.717, 1.165) is 23.1 Å². The quantitative estimate of drug-likeness (QED) is 0.120. The highest BCUT2D eigenvalue weighted by molar-refractivity contribution is 7.90. The Kier molecular flexibility index (Phi) is 8.10. The molecule has 0 aliphatic carbocycles. The van der Waals surface area contributed by atoms with Gasteiger partial charge >= 0.3 is 0 Å². The summed E-state index contributed by atoms with van der Waals surface area (Å²) < 4.78 is 91.3. The summed E-state index contributed by atoms with van der Waals surface area (Å²) in [7, 11) is -13.1. The summed E-state index contributed by atoms with van der Waals surface area (Å²) in [6.45, 7) is 2.98. The van der Waals surface area contributed by atoms with Gasteiger partial charge in [-0.15, -0.1) is 10.2 Å². The summed E-state index contributed by atoms with van der Waals surface area (Å²) in [6, 6.07) is 8.56. The van der Waals surface area contributed by atoms with Gasteiger partial charge in [-0.2, -0.15) is 26.9 Å². The summed E-state index contributed by atoms with van der Waals surface area (Å²) in [6.07, 6.45) is 0.917. The second-order valence-corrected chi connectivity index (χ2v) is 13.8. The standard InChI is InChI=1S/C22H21ClN8O8S3/c1-11-18(23)21(27-22(25-11)40(3,32)33)26-13-7-8-17(42(37,38)39)16(9-13)28-29-19-12(2)30-31(20(19)24)14-5-4-6-15(10-14)41(34,35)36/h4-10H,24H2,1-3H3,(H,25,26,27)(H,34,35,36)(H,37,38,39). The molecular weight excluding hydrogens is 636 g/mol. The fraction of sp³-hybridized carbons (Fsp3) is 0.136. The number of sulfone groups is 1. The average Bonchev–Trinajstić information content (AvgIpc) is 3.16. The number of nitrogens with zero attached hydrogens (tertiary/aromatic N) is 6. The van der Waals surface area contributed by atoms with Gasteiger partial charge in [0.15, 0.2) is 17.3 Å². The molecule has 0 radical (unpaired) electrons. The molecule has 0 spiro atoms. The molecule has 0 fully saturated rings. The van der Waals surface area contributed by atoms with Crippen LogP contribution in [0.25, 0.3) is 5.69 Å². The lowest BCUT2D eigenvalue weighted by atomic mass is 10.2. The van der Waals surface area contributed by atoms with Crippen LogP contribution in [0.1, 0.15) is 11.4 Å². The van der Waals surface area contributed by atoms with Crippen molar-refractivity contribution in [3.05, 3.63) is 58.9 Å². The number of nitrogen functional groups attached to an aromatic ring is 1. The second kappa shape index (κ2) is 11.0. The second-order valence-electron chi connectivity index (χ2n) is 8.71. The van der Waals surface area contributed by atoms with Crippen LogP contribution in [0.4, 0.5) is 28.7 Å². The summed E-state index contributed by atoms with van der Waals surface area (Å²) in [5.74, 6) is -0.205. The van der Waals surface area contributed by atoms with Crippen LogP contribution in [0, 0.1) is 13.8 Å². The molecule has 2 aromatic carbocycles. The highest BCUT2D eigenvalue weighted by atomic mass is 35.5. The SMILES string of the molecule is Cc1nc(S(C)(=O)=O)nc(Nc2ccc(S(=O)(=O)O)c(N=Nc3c(C)nn(-c4cccc(S(=O)(=O)O)c4)c3N)c2)c1Cl. The molecule has 0 saturated heterocycles. The van der Waals surface area contributed by atoms with Crippen molar-refractivity contribution in [2.45, 2.75) is 28.8 Å². The van der Waals surface area contributed by atoms with E-state index in [0.29, 0.717) is 0 Å². The third-order valence-electron chi connectivity index (χ3n) is 5.51. The molecule has 0 bridgehead atoms. The Bertz CT molecular complexity index is 2100. The minimum atomic E-state index is -4.79. The van der Waals surface area contributed by atoms with Crippen LogP contribution in [0.5, 0.6) is 0 Å². The number of benzene rings is 2. The molecule has 2 heterocycles. The number of rotatable bonds is 8. The Morgan fingerprint density at radius 1 is 0.929 bits per heavy atom. The Morgan fingerprint density at radius 3 is 2.24 bits per heavy atom. The topological polar surface area (TPSA) is 249 Å². The molecule has 0 saturated carbocycles. The molecule has 0 aliphatic heterocycles. The average molecular weight is 657 g/mol. The molecule has 5 N–H and O–H groups in total. The number of aryl methyl sites for hydroxylation is 2. The summed E-state index contributed by atoms with van der Waals surface area (Å²) in [5.41, 5.74) is 6.49. The van der Waals surface area contributed by atoms with Crippen molar-refractivity contribution in [3.63, 3.8) is 0 Å². The van der Waals surface area contributed by atoms with Gasteiger partial charge < -0.3 is 11.1 Å². The normalized spacial score (nSPS) is 12.6. The van der Waals surface area contributed by atoms with Crippen molar-refractivity contribution in [3.8, 4) is 5.69 Å². The van der Waals surface area contributed by atoms with Gasteiger partial charge in [0.25, 0.3) is 20.2 Å². The van der Waals surface area contributed by atoms with Crippen molar-refractivity contribution in [1.29, 1.82) is 0 Å².